The summed E-state index contributed by atoms with van der Waals surface area (Å²) in [6.45, 7) is 4.43. The van der Waals surface area contributed by atoms with E-state index in [0.717, 1.165) is 19.1 Å². The summed E-state index contributed by atoms with van der Waals surface area (Å²) in [5, 5.41) is 8.95. The Labute approximate surface area is 83.9 Å². The van der Waals surface area contributed by atoms with Gasteiger partial charge in [0.1, 0.15) is 6.29 Å². The van der Waals surface area contributed by atoms with Crippen molar-refractivity contribution >= 4 is 12.4 Å². The first-order valence-corrected chi connectivity index (χ1v) is 4.91. The number of carbonyl (C=O) groups excluding carboxylic acids is 1. The third-order valence-electron chi connectivity index (χ3n) is 2.88. The van der Waals surface area contributed by atoms with E-state index in [4.69, 9.17) is 5.11 Å². The molecule has 0 aromatic rings. The van der Waals surface area contributed by atoms with Crippen molar-refractivity contribution in [2.75, 3.05) is 6.54 Å². The Kier molecular flexibility index (Phi) is 3.13. The quantitative estimate of drug-likeness (QED) is 0.704. The first-order valence-electron chi connectivity index (χ1n) is 4.91. The smallest absolute Gasteiger partial charge is 0.407 e. The number of nitrogens with zero attached hydrogens (tertiary/aromatic N) is 1. The predicted molar refractivity (Wildman–Crippen MR) is 52.2 cm³/mol. The van der Waals surface area contributed by atoms with Gasteiger partial charge < -0.3 is 14.8 Å². The van der Waals surface area contributed by atoms with E-state index < -0.39 is 6.09 Å². The predicted octanol–water partition coefficient (Wildman–Crippen LogP) is 1.74. The van der Waals surface area contributed by atoms with Crippen LogP contribution in [0.5, 0.6) is 0 Å². The van der Waals surface area contributed by atoms with Crippen LogP contribution in [0.25, 0.3) is 0 Å². The highest BCUT2D eigenvalue weighted by molar-refractivity contribution is 5.66. The number of carboxylic acid groups (broad SMARTS) is 1. The Hall–Kier alpha value is -1.06. The first kappa shape index (κ1) is 11.0. The fourth-order valence-electron chi connectivity index (χ4n) is 2.22. The summed E-state index contributed by atoms with van der Waals surface area (Å²) in [5.41, 5.74) is -0.278. The van der Waals surface area contributed by atoms with Crippen LogP contribution in [0.3, 0.4) is 0 Å². The second-order valence-corrected chi connectivity index (χ2v) is 4.52. The number of hydrogen-bond donors (Lipinski definition) is 1. The van der Waals surface area contributed by atoms with Gasteiger partial charge in [0.15, 0.2) is 0 Å². The van der Waals surface area contributed by atoms with Crippen LogP contribution < -0.4 is 0 Å². The van der Waals surface area contributed by atoms with Crippen molar-refractivity contribution in [3.05, 3.63) is 0 Å². The zero-order valence-corrected chi connectivity index (χ0v) is 8.69. The molecule has 1 aliphatic rings. The number of rotatable bonds is 3. The average Bonchev–Trinajstić information content (AvgIpc) is 2.37. The lowest BCUT2D eigenvalue weighted by Gasteiger charge is -2.28. The monoisotopic (exact) mass is 199 g/mol. The molecule has 1 fully saturated rings. The summed E-state index contributed by atoms with van der Waals surface area (Å²) in [4.78, 5) is 22.6. The highest BCUT2D eigenvalue weighted by Gasteiger charge is 2.40. The Morgan fingerprint density at radius 2 is 2.29 bits per heavy atom. The highest BCUT2D eigenvalue weighted by atomic mass is 16.4. The lowest BCUT2D eigenvalue weighted by Crippen LogP contribution is -2.41. The fourth-order valence-corrected chi connectivity index (χ4v) is 2.22. The molecule has 1 amide bonds. The van der Waals surface area contributed by atoms with Gasteiger partial charge >= 0.3 is 6.09 Å². The maximum absolute atomic E-state index is 10.9. The zero-order chi connectivity index (χ0) is 10.8. The summed E-state index contributed by atoms with van der Waals surface area (Å²) < 4.78 is 0. The van der Waals surface area contributed by atoms with Crippen LogP contribution in [-0.2, 0) is 4.79 Å². The van der Waals surface area contributed by atoms with Gasteiger partial charge in [0, 0.05) is 18.5 Å². The maximum atomic E-state index is 10.9. The zero-order valence-electron chi connectivity index (χ0n) is 8.69. The summed E-state index contributed by atoms with van der Waals surface area (Å²) >= 11 is 0. The van der Waals surface area contributed by atoms with E-state index in [9.17, 15) is 9.59 Å². The van der Waals surface area contributed by atoms with Crippen molar-refractivity contribution in [1.29, 1.82) is 0 Å². The third kappa shape index (κ3) is 2.25. The van der Waals surface area contributed by atoms with E-state index in [1.54, 1.807) is 0 Å². The maximum Gasteiger partial charge on any atom is 0.407 e. The topological polar surface area (TPSA) is 57.6 Å². The molecule has 4 nitrogen and oxygen atoms in total. The molecule has 0 aliphatic carbocycles. The second-order valence-electron chi connectivity index (χ2n) is 4.52. The molecule has 0 spiro atoms. The Bertz CT molecular complexity index is 238. The minimum atomic E-state index is -0.858. The van der Waals surface area contributed by atoms with Crippen LogP contribution in [0.2, 0.25) is 0 Å². The van der Waals surface area contributed by atoms with Crippen molar-refractivity contribution in [3.8, 4) is 0 Å². The van der Waals surface area contributed by atoms with Crippen LogP contribution in [0, 0.1) is 5.92 Å². The molecule has 0 unspecified atom stereocenters. The van der Waals surface area contributed by atoms with Crippen LogP contribution in [0.4, 0.5) is 4.79 Å². The molecule has 0 bridgehead atoms. The molecule has 0 radical (unpaired) electrons. The summed E-state index contributed by atoms with van der Waals surface area (Å²) in [6.07, 6.45) is 2.23. The molecule has 1 heterocycles. The Morgan fingerprint density at radius 3 is 2.71 bits per heavy atom. The molecular formula is C10H17NO3. The first-order chi connectivity index (χ1) is 6.47. The van der Waals surface area contributed by atoms with Gasteiger partial charge in [0.05, 0.1) is 0 Å². The van der Waals surface area contributed by atoms with Crippen molar-refractivity contribution < 1.29 is 14.7 Å². The van der Waals surface area contributed by atoms with E-state index >= 15 is 0 Å². The molecule has 0 aromatic carbocycles. The number of amides is 1. The molecule has 1 atom stereocenters. The largest absolute Gasteiger partial charge is 0.465 e. The second kappa shape index (κ2) is 3.98. The van der Waals surface area contributed by atoms with Crippen molar-refractivity contribution in [2.45, 2.75) is 38.6 Å². The standard InChI is InChI=1S/C10H17NO3/c1-10(2)6-8(4-3-5-12)7-11(10)9(13)14/h5,8H,3-4,6-7H2,1-2H3,(H,13,14)/t8-/m0/s1. The summed E-state index contributed by atoms with van der Waals surface area (Å²) in [7, 11) is 0. The van der Waals surface area contributed by atoms with Gasteiger partial charge in [-0.3, -0.25) is 0 Å². The number of carbonyl (C=O) groups is 2. The van der Waals surface area contributed by atoms with Crippen LogP contribution >= 0.6 is 0 Å². The van der Waals surface area contributed by atoms with Gasteiger partial charge in [0.25, 0.3) is 0 Å². The van der Waals surface area contributed by atoms with Gasteiger partial charge in [-0.2, -0.15) is 0 Å². The number of hydrogen-bond acceptors (Lipinski definition) is 2. The average molecular weight is 199 g/mol. The van der Waals surface area contributed by atoms with E-state index in [1.807, 2.05) is 13.8 Å². The Morgan fingerprint density at radius 1 is 1.64 bits per heavy atom. The van der Waals surface area contributed by atoms with Crippen LogP contribution in [0.1, 0.15) is 33.1 Å². The van der Waals surface area contributed by atoms with Gasteiger partial charge in [-0.1, -0.05) is 0 Å². The molecular weight excluding hydrogens is 182 g/mol. The minimum absolute atomic E-state index is 0.278. The van der Waals surface area contributed by atoms with E-state index in [1.165, 1.54) is 4.90 Å². The molecule has 0 aromatic heterocycles. The minimum Gasteiger partial charge on any atom is -0.465 e. The lowest BCUT2D eigenvalue weighted by atomic mass is 9.94. The van der Waals surface area contributed by atoms with E-state index in [2.05, 4.69) is 0 Å². The SMILES string of the molecule is CC1(C)C[C@H](CCC=O)CN1C(=O)O. The molecule has 1 aliphatic heterocycles. The summed E-state index contributed by atoms with van der Waals surface area (Å²) in [6, 6.07) is 0. The lowest BCUT2D eigenvalue weighted by molar-refractivity contribution is -0.108. The summed E-state index contributed by atoms with van der Waals surface area (Å²) in [5.74, 6) is 0.339. The molecule has 4 heteroatoms. The molecule has 14 heavy (non-hydrogen) atoms. The van der Waals surface area contributed by atoms with Gasteiger partial charge in [-0.15, -0.1) is 0 Å². The van der Waals surface area contributed by atoms with Crippen LogP contribution in [0.15, 0.2) is 0 Å². The van der Waals surface area contributed by atoms with Gasteiger partial charge in [-0.25, -0.2) is 4.79 Å². The third-order valence-corrected chi connectivity index (χ3v) is 2.88. The van der Waals surface area contributed by atoms with Gasteiger partial charge in [-0.05, 0) is 32.6 Å². The Balaban J connectivity index is 2.57. The van der Waals surface area contributed by atoms with Crippen molar-refractivity contribution in [2.24, 2.45) is 5.92 Å². The molecule has 80 valence electrons. The van der Waals surface area contributed by atoms with Gasteiger partial charge in [0.2, 0.25) is 0 Å². The molecule has 0 saturated carbocycles. The number of aldehydes is 1. The number of likely N-dealkylation sites (tertiary alicyclic amines) is 1. The normalized spacial score (nSPS) is 25.0. The van der Waals surface area contributed by atoms with Crippen molar-refractivity contribution in [3.63, 3.8) is 0 Å². The van der Waals surface area contributed by atoms with Crippen molar-refractivity contribution in [1.82, 2.24) is 4.90 Å². The van der Waals surface area contributed by atoms with E-state index in [0.29, 0.717) is 18.9 Å². The highest BCUT2D eigenvalue weighted by Crippen LogP contribution is 2.34. The van der Waals surface area contributed by atoms with Crippen LogP contribution in [-0.4, -0.2) is 34.5 Å². The molecule has 1 rings (SSSR count). The molecule has 1 saturated heterocycles. The van der Waals surface area contributed by atoms with E-state index in [-0.39, 0.29) is 5.54 Å². The molecule has 1 N–H and O–H groups in total. The fraction of sp³-hybridized carbons (Fsp3) is 0.800.